The van der Waals surface area contributed by atoms with Gasteiger partial charge in [-0.15, -0.1) is 10.2 Å². The monoisotopic (exact) mass is 427 g/mol. The molecule has 0 unspecified atom stereocenters. The van der Waals surface area contributed by atoms with Crippen LogP contribution in [0.5, 0.6) is 5.75 Å². The largest absolute Gasteiger partial charge is 0.494 e. The summed E-state index contributed by atoms with van der Waals surface area (Å²) in [6, 6.07) is 5.20. The molecule has 31 heavy (non-hydrogen) atoms. The van der Waals surface area contributed by atoms with Crippen LogP contribution in [0.4, 0.5) is 8.78 Å². The maximum absolute atomic E-state index is 14.8. The fourth-order valence-electron chi connectivity index (χ4n) is 4.20. The van der Waals surface area contributed by atoms with Gasteiger partial charge in [-0.25, -0.2) is 13.8 Å². The van der Waals surface area contributed by atoms with Crippen LogP contribution in [0, 0.1) is 18.6 Å². The van der Waals surface area contributed by atoms with Gasteiger partial charge in [-0.05, 0) is 18.6 Å². The van der Waals surface area contributed by atoms with Crippen molar-refractivity contribution in [2.75, 3.05) is 20.3 Å². The number of carbonyl (C=O) groups is 1. The molecule has 2 aliphatic heterocycles. The lowest BCUT2D eigenvalue weighted by Gasteiger charge is -2.45. The molecule has 0 N–H and O–H groups in total. The van der Waals surface area contributed by atoms with Gasteiger partial charge in [-0.1, -0.05) is 12.1 Å². The summed E-state index contributed by atoms with van der Waals surface area (Å²) in [5.41, 5.74) is 0.418. The van der Waals surface area contributed by atoms with E-state index in [9.17, 15) is 13.6 Å². The van der Waals surface area contributed by atoms with Crippen molar-refractivity contribution in [2.24, 2.45) is 0 Å². The zero-order chi connectivity index (χ0) is 21.7. The van der Waals surface area contributed by atoms with E-state index >= 15 is 0 Å². The van der Waals surface area contributed by atoms with Gasteiger partial charge in [0, 0.05) is 18.8 Å². The molecule has 1 amide bonds. The number of rotatable bonds is 3. The molecule has 2 aromatic heterocycles. The molecule has 0 aliphatic carbocycles. The van der Waals surface area contributed by atoms with Gasteiger partial charge >= 0.3 is 0 Å². The Bertz CT molecular complexity index is 1180. The average Bonchev–Trinajstić information content (AvgIpc) is 3.18. The van der Waals surface area contributed by atoms with E-state index < -0.39 is 23.6 Å². The minimum absolute atomic E-state index is 0.00518. The summed E-state index contributed by atoms with van der Waals surface area (Å²) in [6.45, 7) is 2.33. The topological polar surface area (TPSA) is 82.4 Å². The number of pyridine rings is 1. The predicted octanol–water partition coefficient (Wildman–Crippen LogP) is 2.53. The Morgan fingerprint density at radius 2 is 2.03 bits per heavy atom. The minimum atomic E-state index is -0.637. The molecule has 3 aromatic rings. The number of fused-ring (bicyclic) bond motifs is 4. The van der Waals surface area contributed by atoms with Crippen molar-refractivity contribution in [3.05, 3.63) is 59.0 Å². The quantitative estimate of drug-likeness (QED) is 0.639. The van der Waals surface area contributed by atoms with E-state index in [0.29, 0.717) is 11.4 Å². The fraction of sp³-hybridized carbons (Fsp3) is 0.333. The highest BCUT2D eigenvalue weighted by Gasteiger charge is 2.44. The molecular formula is C21H19F2N5O3. The number of amides is 1. The summed E-state index contributed by atoms with van der Waals surface area (Å²) < 4.78 is 41.9. The molecule has 1 aromatic carbocycles. The van der Waals surface area contributed by atoms with E-state index in [1.54, 1.807) is 28.5 Å². The molecule has 0 saturated carbocycles. The van der Waals surface area contributed by atoms with Crippen LogP contribution in [0.15, 0.2) is 30.5 Å². The number of ether oxygens (including phenoxy) is 2. The SMILES string of the molecule is COc1ccnc(-c2nnc3n2C[C@@H]2COC[C@H]3N2C(=O)c2cccc(C)c2F)c1F. The number of morpholine rings is 1. The molecule has 2 aliphatic rings. The third-order valence-corrected chi connectivity index (χ3v) is 5.73. The molecule has 160 valence electrons. The van der Waals surface area contributed by atoms with Crippen LogP contribution in [0.1, 0.15) is 27.8 Å². The summed E-state index contributed by atoms with van der Waals surface area (Å²) in [5, 5.41) is 8.36. The first-order chi connectivity index (χ1) is 15.0. The van der Waals surface area contributed by atoms with Gasteiger partial charge in [-0.2, -0.15) is 0 Å². The van der Waals surface area contributed by atoms with Crippen LogP contribution in [-0.4, -0.2) is 56.9 Å². The maximum Gasteiger partial charge on any atom is 0.257 e. The van der Waals surface area contributed by atoms with E-state index in [1.165, 1.54) is 25.4 Å². The van der Waals surface area contributed by atoms with Gasteiger partial charge in [0.2, 0.25) is 0 Å². The van der Waals surface area contributed by atoms with Crippen LogP contribution in [-0.2, 0) is 11.3 Å². The second kappa shape index (κ2) is 7.38. The van der Waals surface area contributed by atoms with E-state index in [1.807, 2.05) is 0 Å². The zero-order valence-electron chi connectivity index (χ0n) is 16.9. The standard InChI is InChI=1S/C21H19F2N5O3/c1-11-4-3-5-13(16(11)22)21(29)28-12-8-27-19(14(28)10-31-9-12)25-26-20(27)18-17(23)15(30-2)6-7-24-18/h3-7,12,14H,8-10H2,1-2H3/t12-,14-/m1/s1. The van der Waals surface area contributed by atoms with E-state index in [-0.39, 0.29) is 48.6 Å². The van der Waals surface area contributed by atoms with Gasteiger partial charge in [0.25, 0.3) is 5.91 Å². The number of benzene rings is 1. The molecule has 1 fully saturated rings. The number of aromatic nitrogens is 4. The molecular weight excluding hydrogens is 408 g/mol. The zero-order valence-corrected chi connectivity index (χ0v) is 16.9. The first-order valence-corrected chi connectivity index (χ1v) is 9.78. The molecule has 5 rings (SSSR count). The van der Waals surface area contributed by atoms with Gasteiger partial charge in [-0.3, -0.25) is 4.79 Å². The van der Waals surface area contributed by atoms with E-state index in [2.05, 4.69) is 15.2 Å². The lowest BCUT2D eigenvalue weighted by molar-refractivity contribution is -0.0571. The lowest BCUT2D eigenvalue weighted by Crippen LogP contribution is -2.56. The van der Waals surface area contributed by atoms with Crippen LogP contribution < -0.4 is 4.74 Å². The van der Waals surface area contributed by atoms with Crippen LogP contribution in [0.2, 0.25) is 0 Å². The minimum Gasteiger partial charge on any atom is -0.494 e. The van der Waals surface area contributed by atoms with Gasteiger partial charge in [0.05, 0.1) is 31.9 Å². The van der Waals surface area contributed by atoms with E-state index in [0.717, 1.165) is 0 Å². The Balaban J connectivity index is 1.57. The highest BCUT2D eigenvalue weighted by atomic mass is 19.1. The summed E-state index contributed by atoms with van der Waals surface area (Å²) in [6.07, 6.45) is 1.43. The van der Waals surface area contributed by atoms with E-state index in [4.69, 9.17) is 9.47 Å². The Labute approximate surface area is 176 Å². The van der Waals surface area contributed by atoms with Crippen molar-refractivity contribution >= 4 is 5.91 Å². The summed E-state index contributed by atoms with van der Waals surface area (Å²) in [4.78, 5) is 19.0. The molecule has 0 spiro atoms. The molecule has 2 atom stereocenters. The number of hydrogen-bond acceptors (Lipinski definition) is 6. The first kappa shape index (κ1) is 19.6. The summed E-state index contributed by atoms with van der Waals surface area (Å²) >= 11 is 0. The number of methoxy groups -OCH3 is 1. The average molecular weight is 427 g/mol. The second-order valence-corrected chi connectivity index (χ2v) is 7.52. The maximum atomic E-state index is 14.8. The second-order valence-electron chi connectivity index (χ2n) is 7.52. The van der Waals surface area contributed by atoms with Crippen molar-refractivity contribution in [1.29, 1.82) is 0 Å². The summed E-state index contributed by atoms with van der Waals surface area (Å²) in [7, 11) is 1.37. The van der Waals surface area contributed by atoms with Crippen molar-refractivity contribution < 1.29 is 23.0 Å². The lowest BCUT2D eigenvalue weighted by atomic mass is 10.0. The van der Waals surface area contributed by atoms with Crippen LogP contribution in [0.3, 0.4) is 0 Å². The third-order valence-electron chi connectivity index (χ3n) is 5.73. The van der Waals surface area contributed by atoms with Crippen molar-refractivity contribution in [3.63, 3.8) is 0 Å². The number of halogens is 2. The first-order valence-electron chi connectivity index (χ1n) is 9.78. The Kier molecular flexibility index (Phi) is 4.66. The normalized spacial score (nSPS) is 19.8. The molecule has 8 nitrogen and oxygen atoms in total. The van der Waals surface area contributed by atoms with Crippen molar-refractivity contribution in [3.8, 4) is 17.3 Å². The van der Waals surface area contributed by atoms with Gasteiger partial charge in [0.15, 0.2) is 23.2 Å². The highest BCUT2D eigenvalue weighted by molar-refractivity contribution is 5.95. The smallest absolute Gasteiger partial charge is 0.257 e. The van der Waals surface area contributed by atoms with Crippen molar-refractivity contribution in [2.45, 2.75) is 25.6 Å². The Hall–Kier alpha value is -3.40. The number of aryl methyl sites for hydroxylation is 1. The summed E-state index contributed by atoms with van der Waals surface area (Å²) in [5.74, 6) is -0.869. The molecule has 4 heterocycles. The Morgan fingerprint density at radius 1 is 1.19 bits per heavy atom. The van der Waals surface area contributed by atoms with Gasteiger partial charge in [0.1, 0.15) is 17.6 Å². The molecule has 10 heteroatoms. The Morgan fingerprint density at radius 3 is 2.84 bits per heavy atom. The highest BCUT2D eigenvalue weighted by Crippen LogP contribution is 2.37. The van der Waals surface area contributed by atoms with Crippen LogP contribution >= 0.6 is 0 Å². The number of carbonyl (C=O) groups excluding carboxylic acids is 1. The number of hydrogen-bond donors (Lipinski definition) is 0. The molecule has 0 radical (unpaired) electrons. The molecule has 2 bridgehead atoms. The van der Waals surface area contributed by atoms with Crippen LogP contribution in [0.25, 0.3) is 11.5 Å². The predicted molar refractivity (Wildman–Crippen MR) is 104 cm³/mol. The van der Waals surface area contributed by atoms with Crippen molar-refractivity contribution in [1.82, 2.24) is 24.6 Å². The van der Waals surface area contributed by atoms with Gasteiger partial charge < -0.3 is 18.9 Å². The third kappa shape index (κ3) is 2.97. The fourth-order valence-corrected chi connectivity index (χ4v) is 4.20. The molecule has 1 saturated heterocycles. The number of nitrogens with zero attached hydrogens (tertiary/aromatic N) is 5.